The summed E-state index contributed by atoms with van der Waals surface area (Å²) in [6.07, 6.45) is -9.30. The Morgan fingerprint density at radius 3 is 1.69 bits per heavy atom. The number of carbonyl (C=O) groups excluding carboxylic acids is 2. The third-order valence-corrected chi connectivity index (χ3v) is 3.62. The van der Waals surface area contributed by atoms with E-state index < -0.39 is 35.0 Å². The van der Waals surface area contributed by atoms with Gasteiger partial charge < -0.3 is 0 Å². The number of Topliss-reactive ketones (excluding diaryl/α,β-unsaturated/α-hetero) is 2. The van der Waals surface area contributed by atoms with E-state index in [4.69, 9.17) is 0 Å². The van der Waals surface area contributed by atoms with Gasteiger partial charge in [-0.15, -0.1) is 0 Å². The van der Waals surface area contributed by atoms with E-state index in [2.05, 4.69) is 0 Å². The highest BCUT2D eigenvalue weighted by atomic mass is 19.4. The van der Waals surface area contributed by atoms with Crippen LogP contribution in [0.1, 0.15) is 31.8 Å². The number of ketones is 2. The first kappa shape index (κ1) is 19.7. The van der Waals surface area contributed by atoms with Crippen molar-refractivity contribution in [2.24, 2.45) is 0 Å². The molecule has 138 valence electrons. The minimum Gasteiger partial charge on any atom is -0.284 e. The maximum atomic E-state index is 12.4. The number of halogens is 6. The van der Waals surface area contributed by atoms with E-state index >= 15 is 0 Å². The molecule has 0 aliphatic carbocycles. The summed E-state index contributed by atoms with van der Waals surface area (Å²) in [4.78, 5) is 22.3. The highest BCUT2D eigenvalue weighted by Gasteiger charge is 2.39. The van der Waals surface area contributed by atoms with Crippen molar-refractivity contribution >= 4 is 11.6 Å². The molecule has 0 heterocycles. The van der Waals surface area contributed by atoms with E-state index in [1.807, 2.05) is 0 Å². The molecule has 2 nitrogen and oxygen atoms in total. The van der Waals surface area contributed by atoms with Crippen LogP contribution in [0.5, 0.6) is 0 Å². The second-order valence-electron chi connectivity index (χ2n) is 5.55. The Morgan fingerprint density at radius 1 is 0.654 bits per heavy atom. The Bertz CT molecular complexity index is 804. The molecule has 0 spiro atoms. The zero-order valence-electron chi connectivity index (χ0n) is 13.1. The van der Waals surface area contributed by atoms with Crippen LogP contribution < -0.4 is 0 Å². The maximum Gasteiger partial charge on any atom is 0.454 e. The average Bonchev–Trinajstić information content (AvgIpc) is 2.58. The monoisotopic (exact) mass is 374 g/mol. The van der Waals surface area contributed by atoms with Crippen LogP contribution in [0, 0.1) is 0 Å². The van der Waals surface area contributed by atoms with Crippen molar-refractivity contribution in [2.45, 2.75) is 25.2 Å². The Morgan fingerprint density at radius 2 is 1.15 bits per heavy atom. The third kappa shape index (κ3) is 4.93. The number of carbonyl (C=O) groups is 2. The Balaban J connectivity index is 2.06. The molecule has 2 rings (SSSR count). The molecule has 0 saturated heterocycles. The number of alkyl halides is 6. The van der Waals surface area contributed by atoms with Crippen LogP contribution in [0.15, 0.2) is 48.5 Å². The van der Waals surface area contributed by atoms with Gasteiger partial charge >= 0.3 is 12.4 Å². The summed E-state index contributed by atoms with van der Waals surface area (Å²) < 4.78 is 74.3. The topological polar surface area (TPSA) is 34.1 Å². The maximum absolute atomic E-state index is 12.4. The van der Waals surface area contributed by atoms with Gasteiger partial charge in [-0.3, -0.25) is 9.59 Å². The van der Waals surface area contributed by atoms with E-state index in [9.17, 15) is 35.9 Å². The van der Waals surface area contributed by atoms with Crippen LogP contribution in [-0.2, 0) is 12.8 Å². The van der Waals surface area contributed by atoms with Crippen LogP contribution in [-0.4, -0.2) is 23.9 Å². The van der Waals surface area contributed by atoms with Gasteiger partial charge in [0.15, 0.2) is 0 Å². The molecule has 0 aliphatic heterocycles. The summed E-state index contributed by atoms with van der Waals surface area (Å²) in [6.45, 7) is 0. The number of rotatable bonds is 5. The molecule has 0 radical (unpaired) electrons. The van der Waals surface area contributed by atoms with Crippen molar-refractivity contribution in [3.63, 3.8) is 0 Å². The van der Waals surface area contributed by atoms with Crippen LogP contribution in [0.25, 0.3) is 0 Å². The Kier molecular flexibility index (Phi) is 5.53. The van der Waals surface area contributed by atoms with Crippen LogP contribution in [0.4, 0.5) is 26.3 Å². The van der Waals surface area contributed by atoms with Crippen molar-refractivity contribution in [2.75, 3.05) is 0 Å². The number of aryl methyl sites for hydroxylation is 2. The lowest BCUT2D eigenvalue weighted by molar-refractivity contribution is -0.0888. The predicted octanol–water partition coefficient (Wildman–Crippen LogP) is 4.96. The van der Waals surface area contributed by atoms with Crippen molar-refractivity contribution in [3.05, 3.63) is 70.8 Å². The smallest absolute Gasteiger partial charge is 0.284 e. The Labute approximate surface area is 144 Å². The fourth-order valence-electron chi connectivity index (χ4n) is 2.31. The lowest BCUT2D eigenvalue weighted by Gasteiger charge is -2.08. The molecule has 0 saturated carbocycles. The van der Waals surface area contributed by atoms with Gasteiger partial charge in [0.25, 0.3) is 11.6 Å². The van der Waals surface area contributed by atoms with Gasteiger partial charge in [0.1, 0.15) is 0 Å². The summed E-state index contributed by atoms with van der Waals surface area (Å²) in [5.41, 5.74) is 0.131. The predicted molar refractivity (Wildman–Crippen MR) is 81.1 cm³/mol. The van der Waals surface area contributed by atoms with Crippen molar-refractivity contribution in [1.29, 1.82) is 0 Å². The van der Waals surface area contributed by atoms with Crippen molar-refractivity contribution in [3.8, 4) is 0 Å². The average molecular weight is 374 g/mol. The lowest BCUT2D eigenvalue weighted by atomic mass is 10.00. The first-order chi connectivity index (χ1) is 12.0. The summed E-state index contributed by atoms with van der Waals surface area (Å²) in [7, 11) is 0. The molecular weight excluding hydrogens is 362 g/mol. The van der Waals surface area contributed by atoms with Crippen LogP contribution in [0.3, 0.4) is 0 Å². The SMILES string of the molecule is O=C(c1ccc(CCc2cccc(C(=O)C(F)(F)F)c2)cc1)C(F)(F)F. The molecule has 0 aromatic heterocycles. The lowest BCUT2D eigenvalue weighted by Crippen LogP contribution is -2.22. The van der Waals surface area contributed by atoms with E-state index in [-0.39, 0.29) is 6.42 Å². The second kappa shape index (κ2) is 7.31. The molecule has 8 heteroatoms. The van der Waals surface area contributed by atoms with Gasteiger partial charge in [-0.05, 0) is 30.0 Å². The molecule has 2 aromatic carbocycles. The molecule has 0 N–H and O–H groups in total. The normalized spacial score (nSPS) is 12.1. The molecule has 0 unspecified atom stereocenters. The van der Waals surface area contributed by atoms with Crippen LogP contribution in [0.2, 0.25) is 0 Å². The zero-order chi connectivity index (χ0) is 19.5. The number of hydrogen-bond acceptors (Lipinski definition) is 2. The summed E-state index contributed by atoms with van der Waals surface area (Å²) in [5, 5.41) is 0. The van der Waals surface area contributed by atoms with Gasteiger partial charge in [-0.1, -0.05) is 42.5 Å². The van der Waals surface area contributed by atoms with Gasteiger partial charge in [0.05, 0.1) is 0 Å². The van der Waals surface area contributed by atoms with Crippen LogP contribution >= 0.6 is 0 Å². The standard InChI is InChI=1S/C18H12F6O2/c19-17(20,21)15(25)13-8-6-11(7-9-13)4-5-12-2-1-3-14(10-12)16(26)18(22,23)24/h1-3,6-10H,4-5H2. The highest BCUT2D eigenvalue weighted by Crippen LogP contribution is 2.23. The molecule has 0 bridgehead atoms. The van der Waals surface area contributed by atoms with Gasteiger partial charge in [0.2, 0.25) is 0 Å². The summed E-state index contributed by atoms with van der Waals surface area (Å²) in [5.74, 6) is -3.88. The van der Waals surface area contributed by atoms with Crippen molar-refractivity contribution < 1.29 is 35.9 Å². The van der Waals surface area contributed by atoms with Crippen molar-refractivity contribution in [1.82, 2.24) is 0 Å². The van der Waals surface area contributed by atoms with Gasteiger partial charge in [-0.25, -0.2) is 0 Å². The van der Waals surface area contributed by atoms with E-state index in [1.165, 1.54) is 18.2 Å². The number of benzene rings is 2. The molecule has 2 aromatic rings. The quantitative estimate of drug-likeness (QED) is 0.548. The second-order valence-corrected chi connectivity index (χ2v) is 5.55. The van der Waals surface area contributed by atoms with E-state index in [0.29, 0.717) is 17.5 Å². The van der Waals surface area contributed by atoms with E-state index in [0.717, 1.165) is 24.3 Å². The molecule has 26 heavy (non-hydrogen) atoms. The highest BCUT2D eigenvalue weighted by molar-refractivity contribution is 6.00. The zero-order valence-corrected chi connectivity index (χ0v) is 13.1. The Hall–Kier alpha value is -2.64. The number of hydrogen-bond donors (Lipinski definition) is 0. The molecule has 0 atom stereocenters. The van der Waals surface area contributed by atoms with Gasteiger partial charge in [-0.2, -0.15) is 26.3 Å². The molecular formula is C18H12F6O2. The fraction of sp³-hybridized carbons (Fsp3) is 0.222. The first-order valence-corrected chi connectivity index (χ1v) is 7.39. The third-order valence-electron chi connectivity index (χ3n) is 3.62. The summed E-state index contributed by atoms with van der Waals surface area (Å²) >= 11 is 0. The minimum absolute atomic E-state index is 0.283. The first-order valence-electron chi connectivity index (χ1n) is 7.39. The summed E-state index contributed by atoms with van der Waals surface area (Å²) in [6, 6.07) is 9.89. The molecule has 0 aliphatic rings. The fourth-order valence-corrected chi connectivity index (χ4v) is 2.31. The van der Waals surface area contributed by atoms with Gasteiger partial charge in [0, 0.05) is 11.1 Å². The largest absolute Gasteiger partial charge is 0.454 e. The minimum atomic E-state index is -4.96. The molecule has 0 amide bonds. The van der Waals surface area contributed by atoms with E-state index in [1.54, 1.807) is 6.07 Å². The molecule has 0 fully saturated rings.